The molecule has 0 spiro atoms. The normalized spacial score (nSPS) is 25.6. The molecular formula is C15H27NO. The van der Waals surface area contributed by atoms with Crippen LogP contribution in [0.25, 0.3) is 0 Å². The summed E-state index contributed by atoms with van der Waals surface area (Å²) in [6.45, 7) is 3.21. The van der Waals surface area contributed by atoms with Gasteiger partial charge in [-0.25, -0.2) is 0 Å². The van der Waals surface area contributed by atoms with Crippen LogP contribution in [0.15, 0.2) is 12.2 Å². The van der Waals surface area contributed by atoms with Gasteiger partial charge in [-0.2, -0.15) is 0 Å². The van der Waals surface area contributed by atoms with Crippen LogP contribution in [0, 0.1) is 11.8 Å². The van der Waals surface area contributed by atoms with Gasteiger partial charge in [0.1, 0.15) is 5.78 Å². The zero-order valence-corrected chi connectivity index (χ0v) is 11.6. The van der Waals surface area contributed by atoms with E-state index < -0.39 is 0 Å². The predicted molar refractivity (Wildman–Crippen MR) is 73.1 cm³/mol. The summed E-state index contributed by atoms with van der Waals surface area (Å²) in [6.07, 6.45) is 11.0. The first-order valence-electron chi connectivity index (χ1n) is 6.91. The summed E-state index contributed by atoms with van der Waals surface area (Å²) < 4.78 is 0. The van der Waals surface area contributed by atoms with Crippen molar-refractivity contribution >= 4 is 5.78 Å². The van der Waals surface area contributed by atoms with E-state index >= 15 is 0 Å². The van der Waals surface area contributed by atoms with E-state index in [2.05, 4.69) is 24.0 Å². The zero-order valence-electron chi connectivity index (χ0n) is 11.6. The van der Waals surface area contributed by atoms with Crippen LogP contribution in [0.5, 0.6) is 0 Å². The minimum atomic E-state index is 0.360. The van der Waals surface area contributed by atoms with Crippen molar-refractivity contribution in [3.05, 3.63) is 12.2 Å². The summed E-state index contributed by atoms with van der Waals surface area (Å²) in [5.74, 6) is 1.99. The molecule has 0 saturated heterocycles. The molecule has 0 aromatic heterocycles. The van der Waals surface area contributed by atoms with E-state index in [1.54, 1.807) is 0 Å². The lowest BCUT2D eigenvalue weighted by Gasteiger charge is -2.23. The van der Waals surface area contributed by atoms with Crippen molar-refractivity contribution in [2.45, 2.75) is 45.4 Å². The lowest BCUT2D eigenvalue weighted by molar-refractivity contribution is -0.118. The highest BCUT2D eigenvalue weighted by Crippen LogP contribution is 2.28. The summed E-state index contributed by atoms with van der Waals surface area (Å²) in [5.41, 5.74) is 0. The number of Topliss-reactive ketones (excluding diaryl/α,β-unsaturated/α-hetero) is 1. The van der Waals surface area contributed by atoms with Crippen molar-refractivity contribution < 1.29 is 4.79 Å². The Balaban J connectivity index is 2.14. The fourth-order valence-electron chi connectivity index (χ4n) is 2.32. The maximum Gasteiger partial charge on any atom is 0.137 e. The largest absolute Gasteiger partial charge is 0.309 e. The average Bonchev–Trinajstić information content (AvgIpc) is 2.29. The van der Waals surface area contributed by atoms with Gasteiger partial charge in [0.05, 0.1) is 0 Å². The third kappa shape index (κ3) is 6.62. The maximum absolute atomic E-state index is 11.6. The number of nitrogens with zero attached hydrogens (tertiary/aromatic N) is 1. The van der Waals surface area contributed by atoms with Crippen LogP contribution >= 0.6 is 0 Å². The minimum absolute atomic E-state index is 0.360. The molecule has 1 fully saturated rings. The third-order valence-electron chi connectivity index (χ3n) is 3.65. The standard InChI is InChI=1S/C15H27NO/c1-13-7-9-14(10-8-13)5-4-6-15(17)11-12-16(2)3/h4-5,13-14H,6-12H2,1-3H3/b5-4+. The molecule has 0 atom stereocenters. The summed E-state index contributed by atoms with van der Waals surface area (Å²) in [7, 11) is 4.01. The number of hydrogen-bond acceptors (Lipinski definition) is 2. The highest BCUT2D eigenvalue weighted by atomic mass is 16.1. The minimum Gasteiger partial charge on any atom is -0.309 e. The summed E-state index contributed by atoms with van der Waals surface area (Å²) in [5, 5.41) is 0. The van der Waals surface area contributed by atoms with Crippen molar-refractivity contribution in [2.24, 2.45) is 11.8 Å². The van der Waals surface area contributed by atoms with Crippen LogP contribution in [-0.2, 0) is 4.79 Å². The molecule has 1 rings (SSSR count). The number of rotatable bonds is 6. The van der Waals surface area contributed by atoms with Crippen molar-refractivity contribution in [1.82, 2.24) is 4.90 Å². The van der Waals surface area contributed by atoms with Crippen LogP contribution < -0.4 is 0 Å². The van der Waals surface area contributed by atoms with Gasteiger partial charge < -0.3 is 4.90 Å². The molecule has 1 saturated carbocycles. The molecule has 0 aromatic carbocycles. The first-order valence-corrected chi connectivity index (χ1v) is 6.91. The molecule has 2 heteroatoms. The Morgan fingerprint density at radius 1 is 1.24 bits per heavy atom. The van der Waals surface area contributed by atoms with Gasteiger partial charge in [0.25, 0.3) is 0 Å². The van der Waals surface area contributed by atoms with E-state index in [-0.39, 0.29) is 0 Å². The molecule has 0 amide bonds. The van der Waals surface area contributed by atoms with Crippen LogP contribution in [0.4, 0.5) is 0 Å². The number of hydrogen-bond donors (Lipinski definition) is 0. The highest BCUT2D eigenvalue weighted by molar-refractivity contribution is 5.79. The fourth-order valence-corrected chi connectivity index (χ4v) is 2.32. The second kappa shape index (κ2) is 7.65. The molecule has 98 valence electrons. The van der Waals surface area contributed by atoms with Crippen molar-refractivity contribution in [2.75, 3.05) is 20.6 Å². The Bertz CT molecular complexity index is 250. The Kier molecular flexibility index (Phi) is 6.49. The lowest BCUT2D eigenvalue weighted by Crippen LogP contribution is -2.16. The number of allylic oxidation sites excluding steroid dienone is 2. The van der Waals surface area contributed by atoms with E-state index in [0.717, 1.165) is 18.4 Å². The molecule has 0 unspecified atom stereocenters. The molecule has 17 heavy (non-hydrogen) atoms. The number of ketones is 1. The van der Waals surface area contributed by atoms with Gasteiger partial charge in [0.15, 0.2) is 0 Å². The van der Waals surface area contributed by atoms with Crippen molar-refractivity contribution in [3.8, 4) is 0 Å². The summed E-state index contributed by atoms with van der Waals surface area (Å²) in [4.78, 5) is 13.6. The van der Waals surface area contributed by atoms with E-state index in [1.807, 2.05) is 14.1 Å². The number of carbonyl (C=O) groups is 1. The van der Waals surface area contributed by atoms with E-state index in [0.29, 0.717) is 18.6 Å². The molecule has 0 aromatic rings. The van der Waals surface area contributed by atoms with Crippen molar-refractivity contribution in [1.29, 1.82) is 0 Å². The summed E-state index contributed by atoms with van der Waals surface area (Å²) in [6, 6.07) is 0. The quantitative estimate of drug-likeness (QED) is 0.661. The molecule has 0 N–H and O–H groups in total. The molecule has 0 aliphatic heterocycles. The molecule has 1 aliphatic carbocycles. The van der Waals surface area contributed by atoms with Crippen LogP contribution in [0.1, 0.15) is 45.4 Å². The van der Waals surface area contributed by atoms with Crippen LogP contribution in [0.2, 0.25) is 0 Å². The van der Waals surface area contributed by atoms with Gasteiger partial charge in [-0.1, -0.05) is 31.9 Å². The lowest BCUT2D eigenvalue weighted by atomic mass is 9.83. The molecule has 2 nitrogen and oxygen atoms in total. The van der Waals surface area contributed by atoms with E-state index in [1.165, 1.54) is 25.7 Å². The smallest absolute Gasteiger partial charge is 0.137 e. The average molecular weight is 237 g/mol. The Morgan fingerprint density at radius 2 is 1.88 bits per heavy atom. The van der Waals surface area contributed by atoms with Gasteiger partial charge in [0, 0.05) is 19.4 Å². The Morgan fingerprint density at radius 3 is 2.47 bits per heavy atom. The molecule has 1 aliphatic rings. The van der Waals surface area contributed by atoms with Crippen molar-refractivity contribution in [3.63, 3.8) is 0 Å². The monoisotopic (exact) mass is 237 g/mol. The molecule has 0 radical (unpaired) electrons. The van der Waals surface area contributed by atoms with Crippen LogP contribution in [-0.4, -0.2) is 31.3 Å². The zero-order chi connectivity index (χ0) is 12.7. The van der Waals surface area contributed by atoms with Gasteiger partial charge >= 0.3 is 0 Å². The first kappa shape index (κ1) is 14.4. The fraction of sp³-hybridized carbons (Fsp3) is 0.800. The molecule has 0 heterocycles. The highest BCUT2D eigenvalue weighted by Gasteiger charge is 2.15. The van der Waals surface area contributed by atoms with Gasteiger partial charge in [-0.15, -0.1) is 0 Å². The number of carbonyl (C=O) groups excluding carboxylic acids is 1. The maximum atomic E-state index is 11.6. The van der Waals surface area contributed by atoms with E-state index in [9.17, 15) is 4.79 Å². The summed E-state index contributed by atoms with van der Waals surface area (Å²) >= 11 is 0. The predicted octanol–water partition coefficient (Wildman–Crippen LogP) is 3.28. The van der Waals surface area contributed by atoms with Crippen LogP contribution in [0.3, 0.4) is 0 Å². The van der Waals surface area contributed by atoms with E-state index in [4.69, 9.17) is 0 Å². The Hall–Kier alpha value is -0.630. The van der Waals surface area contributed by atoms with Gasteiger partial charge in [0.2, 0.25) is 0 Å². The van der Waals surface area contributed by atoms with Gasteiger partial charge in [-0.3, -0.25) is 4.79 Å². The SMILES string of the molecule is CC1CCC(/C=C/CC(=O)CCN(C)C)CC1. The first-order chi connectivity index (χ1) is 8.08. The van der Waals surface area contributed by atoms with Gasteiger partial charge in [-0.05, 0) is 38.8 Å². The topological polar surface area (TPSA) is 20.3 Å². The second-order valence-electron chi connectivity index (χ2n) is 5.74. The second-order valence-corrected chi connectivity index (χ2v) is 5.74. The third-order valence-corrected chi connectivity index (χ3v) is 3.65. The molecule has 0 bridgehead atoms. The molecular weight excluding hydrogens is 210 g/mol. The Labute approximate surface area is 106 Å².